The average Bonchev–Trinajstić information content (AvgIpc) is 3.01. The van der Waals surface area contributed by atoms with Crippen molar-refractivity contribution >= 4 is 29.1 Å². The van der Waals surface area contributed by atoms with E-state index in [1.807, 2.05) is 6.07 Å². The van der Waals surface area contributed by atoms with E-state index in [2.05, 4.69) is 10.4 Å². The Bertz CT molecular complexity index is 822. The molecule has 1 aromatic heterocycles. The van der Waals surface area contributed by atoms with Gasteiger partial charge in [0.15, 0.2) is 11.5 Å². The van der Waals surface area contributed by atoms with Crippen molar-refractivity contribution in [3.63, 3.8) is 0 Å². The van der Waals surface area contributed by atoms with Gasteiger partial charge in [0.1, 0.15) is 11.6 Å². The molecule has 1 aliphatic heterocycles. The maximum absolute atomic E-state index is 11.9. The van der Waals surface area contributed by atoms with Gasteiger partial charge in [-0.25, -0.2) is 4.68 Å². The van der Waals surface area contributed by atoms with Crippen molar-refractivity contribution in [3.05, 3.63) is 50.4 Å². The number of amides is 1. The second kappa shape index (κ2) is 6.47. The van der Waals surface area contributed by atoms with E-state index < -0.39 is 5.56 Å². The predicted octanol–water partition coefficient (Wildman–Crippen LogP) is 1.60. The Balaban J connectivity index is 1.62. The number of halogens is 2. The molecule has 0 atom stereocenters. The van der Waals surface area contributed by atoms with E-state index in [1.165, 1.54) is 6.20 Å². The molecule has 1 amide bonds. The van der Waals surface area contributed by atoms with Gasteiger partial charge in [-0.3, -0.25) is 9.59 Å². The standard InChI is InChI=1S/C14H11Cl2N3O4/c15-9-5-18-19(14(21)13(9)16)6-12(20)17-4-8-1-2-10-11(3-8)23-7-22-10/h1-3,5H,4,6-7H2,(H,17,20). The van der Waals surface area contributed by atoms with Crippen LogP contribution in [0.15, 0.2) is 29.2 Å². The second-order valence-corrected chi connectivity index (χ2v) is 5.52. The lowest BCUT2D eigenvalue weighted by Gasteiger charge is -2.08. The molecule has 0 bridgehead atoms. The molecule has 0 saturated carbocycles. The van der Waals surface area contributed by atoms with E-state index in [1.54, 1.807) is 12.1 Å². The molecule has 2 aromatic rings. The highest BCUT2D eigenvalue weighted by Gasteiger charge is 2.14. The van der Waals surface area contributed by atoms with Crippen molar-refractivity contribution in [2.45, 2.75) is 13.1 Å². The number of fused-ring (bicyclic) bond motifs is 1. The number of ether oxygens (including phenoxy) is 2. The van der Waals surface area contributed by atoms with Gasteiger partial charge < -0.3 is 14.8 Å². The van der Waals surface area contributed by atoms with Crippen LogP contribution in [0.5, 0.6) is 11.5 Å². The first kappa shape index (κ1) is 15.6. The smallest absolute Gasteiger partial charge is 0.287 e. The minimum absolute atomic E-state index is 0.0497. The molecular weight excluding hydrogens is 345 g/mol. The van der Waals surface area contributed by atoms with Gasteiger partial charge in [0.05, 0.1) is 11.2 Å². The Kier molecular flexibility index (Phi) is 4.40. The van der Waals surface area contributed by atoms with E-state index in [0.29, 0.717) is 11.5 Å². The lowest BCUT2D eigenvalue weighted by molar-refractivity contribution is -0.122. The van der Waals surface area contributed by atoms with Crippen LogP contribution >= 0.6 is 23.2 Å². The second-order valence-electron chi connectivity index (χ2n) is 4.73. The number of aromatic nitrogens is 2. The number of hydrogen-bond acceptors (Lipinski definition) is 5. The molecule has 2 heterocycles. The molecule has 1 aromatic carbocycles. The summed E-state index contributed by atoms with van der Waals surface area (Å²) in [5, 5.41) is 6.35. The van der Waals surface area contributed by atoms with Crippen LogP contribution in [0.25, 0.3) is 0 Å². The van der Waals surface area contributed by atoms with E-state index >= 15 is 0 Å². The molecule has 0 spiro atoms. The molecule has 0 aliphatic carbocycles. The summed E-state index contributed by atoms with van der Waals surface area (Å²) in [6, 6.07) is 5.37. The normalized spacial score (nSPS) is 12.3. The summed E-state index contributed by atoms with van der Waals surface area (Å²) in [6.45, 7) is 0.225. The summed E-state index contributed by atoms with van der Waals surface area (Å²) in [4.78, 5) is 23.7. The lowest BCUT2D eigenvalue weighted by atomic mass is 10.2. The van der Waals surface area contributed by atoms with Crippen molar-refractivity contribution < 1.29 is 14.3 Å². The minimum Gasteiger partial charge on any atom is -0.454 e. The monoisotopic (exact) mass is 355 g/mol. The van der Waals surface area contributed by atoms with Crippen molar-refractivity contribution in [2.75, 3.05) is 6.79 Å². The number of carbonyl (C=O) groups is 1. The van der Waals surface area contributed by atoms with Crippen LogP contribution in [-0.2, 0) is 17.9 Å². The summed E-state index contributed by atoms with van der Waals surface area (Å²) >= 11 is 11.4. The number of benzene rings is 1. The number of nitrogens with one attached hydrogen (secondary N) is 1. The summed E-state index contributed by atoms with van der Waals surface area (Å²) in [6.07, 6.45) is 1.22. The highest BCUT2D eigenvalue weighted by molar-refractivity contribution is 6.41. The molecule has 120 valence electrons. The number of rotatable bonds is 4. The van der Waals surface area contributed by atoms with Crippen molar-refractivity contribution in [1.82, 2.24) is 15.1 Å². The SMILES string of the molecule is O=C(Cn1ncc(Cl)c(Cl)c1=O)NCc1ccc2c(c1)OCO2. The van der Waals surface area contributed by atoms with Gasteiger partial charge >= 0.3 is 0 Å². The summed E-state index contributed by atoms with van der Waals surface area (Å²) in [7, 11) is 0. The molecule has 0 saturated heterocycles. The maximum atomic E-state index is 11.9. The van der Waals surface area contributed by atoms with Crippen LogP contribution in [0.2, 0.25) is 10.0 Å². The first-order valence-corrected chi connectivity index (χ1v) is 7.36. The Morgan fingerprint density at radius 3 is 2.91 bits per heavy atom. The maximum Gasteiger partial charge on any atom is 0.287 e. The van der Waals surface area contributed by atoms with Gasteiger partial charge in [0.2, 0.25) is 12.7 Å². The molecule has 0 unspecified atom stereocenters. The molecule has 0 fully saturated rings. The first-order chi connectivity index (χ1) is 11.0. The van der Waals surface area contributed by atoms with Crippen LogP contribution in [0.4, 0.5) is 0 Å². The Labute approximate surface area is 140 Å². The summed E-state index contributed by atoms with van der Waals surface area (Å²) < 4.78 is 11.4. The fourth-order valence-corrected chi connectivity index (χ4v) is 2.27. The third-order valence-electron chi connectivity index (χ3n) is 3.16. The zero-order valence-electron chi connectivity index (χ0n) is 11.7. The minimum atomic E-state index is -0.614. The highest BCUT2D eigenvalue weighted by Crippen LogP contribution is 2.32. The average molecular weight is 356 g/mol. The van der Waals surface area contributed by atoms with Crippen LogP contribution in [0, 0.1) is 0 Å². The van der Waals surface area contributed by atoms with E-state index in [4.69, 9.17) is 32.7 Å². The topological polar surface area (TPSA) is 82.5 Å². The Hall–Kier alpha value is -2.25. The van der Waals surface area contributed by atoms with Crippen LogP contribution < -0.4 is 20.3 Å². The van der Waals surface area contributed by atoms with Gasteiger partial charge in [-0.05, 0) is 17.7 Å². The fourth-order valence-electron chi connectivity index (χ4n) is 2.00. The van der Waals surface area contributed by atoms with E-state index in [9.17, 15) is 9.59 Å². The van der Waals surface area contributed by atoms with Crippen molar-refractivity contribution in [2.24, 2.45) is 0 Å². The lowest BCUT2D eigenvalue weighted by Crippen LogP contribution is -2.33. The van der Waals surface area contributed by atoms with Gasteiger partial charge in [-0.1, -0.05) is 29.3 Å². The summed E-state index contributed by atoms with van der Waals surface area (Å²) in [5.41, 5.74) is 0.231. The molecule has 0 radical (unpaired) electrons. The van der Waals surface area contributed by atoms with Gasteiger partial charge in [-0.15, -0.1) is 0 Å². The number of nitrogens with zero attached hydrogens (tertiary/aromatic N) is 2. The van der Waals surface area contributed by atoms with Gasteiger partial charge in [-0.2, -0.15) is 5.10 Å². The fraction of sp³-hybridized carbons (Fsp3) is 0.214. The van der Waals surface area contributed by atoms with Gasteiger partial charge in [0, 0.05) is 6.54 Å². The van der Waals surface area contributed by atoms with Crippen LogP contribution in [0.1, 0.15) is 5.56 Å². The van der Waals surface area contributed by atoms with Gasteiger partial charge in [0.25, 0.3) is 5.56 Å². The molecule has 23 heavy (non-hydrogen) atoms. The highest BCUT2D eigenvalue weighted by atomic mass is 35.5. The number of carbonyl (C=O) groups excluding carboxylic acids is 1. The van der Waals surface area contributed by atoms with Crippen LogP contribution in [0.3, 0.4) is 0 Å². The molecule has 7 nitrogen and oxygen atoms in total. The largest absolute Gasteiger partial charge is 0.454 e. The Morgan fingerprint density at radius 2 is 2.09 bits per heavy atom. The van der Waals surface area contributed by atoms with Crippen molar-refractivity contribution in [1.29, 1.82) is 0 Å². The molecule has 1 aliphatic rings. The van der Waals surface area contributed by atoms with Crippen LogP contribution in [-0.4, -0.2) is 22.5 Å². The third-order valence-corrected chi connectivity index (χ3v) is 3.91. The molecule has 9 heteroatoms. The summed E-state index contributed by atoms with van der Waals surface area (Å²) in [5.74, 6) is 0.932. The quantitative estimate of drug-likeness (QED) is 0.900. The van der Waals surface area contributed by atoms with E-state index in [0.717, 1.165) is 10.2 Å². The Morgan fingerprint density at radius 1 is 1.30 bits per heavy atom. The van der Waals surface area contributed by atoms with E-state index in [-0.39, 0.29) is 35.8 Å². The predicted molar refractivity (Wildman–Crippen MR) is 82.9 cm³/mol. The first-order valence-electron chi connectivity index (χ1n) is 6.61. The molecule has 3 rings (SSSR count). The molecular formula is C14H11Cl2N3O4. The zero-order chi connectivity index (χ0) is 16.4. The third kappa shape index (κ3) is 3.40. The zero-order valence-corrected chi connectivity index (χ0v) is 13.2. The van der Waals surface area contributed by atoms with Crippen molar-refractivity contribution in [3.8, 4) is 11.5 Å². The molecule has 1 N–H and O–H groups in total. The number of hydrogen-bond donors (Lipinski definition) is 1.